The molecule has 11 heteroatoms. The largest absolute Gasteiger partial charge is 0.501 e. The lowest BCUT2D eigenvalue weighted by Crippen LogP contribution is -2.28. The maximum atomic E-state index is 13.8. The van der Waals surface area contributed by atoms with Crippen LogP contribution in [0.25, 0.3) is 0 Å². The predicted octanol–water partition coefficient (Wildman–Crippen LogP) is 4.12. The van der Waals surface area contributed by atoms with Crippen molar-refractivity contribution in [2.24, 2.45) is 7.05 Å². The molecule has 0 aliphatic heterocycles. The van der Waals surface area contributed by atoms with Crippen LogP contribution in [0, 0.1) is 0 Å². The van der Waals surface area contributed by atoms with Crippen molar-refractivity contribution in [1.29, 1.82) is 0 Å². The highest BCUT2D eigenvalue weighted by molar-refractivity contribution is 6.04. The van der Waals surface area contributed by atoms with Gasteiger partial charge in [0.2, 0.25) is 5.75 Å². The van der Waals surface area contributed by atoms with Crippen LogP contribution in [0.5, 0.6) is 5.75 Å². The number of hydrogen-bond acceptors (Lipinski definition) is 6. The Balaban J connectivity index is 1.82. The summed E-state index contributed by atoms with van der Waals surface area (Å²) in [5.74, 6) is -2.64. The molecule has 0 radical (unpaired) electrons. The Morgan fingerprint density at radius 1 is 1.14 bits per heavy atom. The molecule has 4 aromatic rings. The molecule has 2 heterocycles. The average Bonchev–Trinajstić information content (AvgIpc) is 3.35. The molecule has 0 spiro atoms. The summed E-state index contributed by atoms with van der Waals surface area (Å²) in [5.41, 5.74) is -1.59. The summed E-state index contributed by atoms with van der Waals surface area (Å²) in [6, 6.07) is 13.6. The Labute approximate surface area is 196 Å². The smallest absolute Gasteiger partial charge is 0.416 e. The van der Waals surface area contributed by atoms with Gasteiger partial charge in [-0.1, -0.05) is 53.7 Å². The summed E-state index contributed by atoms with van der Waals surface area (Å²) >= 11 is 0. The minimum absolute atomic E-state index is 0.00843. The number of halogens is 3. The fraction of sp³-hybridized carbons (Fsp3) is 0.167. The first kappa shape index (κ1) is 23.7. The first-order chi connectivity index (χ1) is 16.7. The van der Waals surface area contributed by atoms with Crippen LogP contribution in [0.2, 0.25) is 0 Å². The van der Waals surface area contributed by atoms with Crippen LogP contribution in [0.3, 0.4) is 0 Å². The molecule has 0 aliphatic rings. The van der Waals surface area contributed by atoms with E-state index in [1.165, 1.54) is 31.4 Å². The van der Waals surface area contributed by atoms with Crippen molar-refractivity contribution < 1.29 is 27.6 Å². The molecular formula is C24H19F3N4O4. The van der Waals surface area contributed by atoms with E-state index in [9.17, 15) is 27.9 Å². The number of carbonyl (C=O) groups excluding carboxylic acids is 1. The number of nitrogens with zero attached hydrogens (tertiary/aromatic N) is 3. The van der Waals surface area contributed by atoms with Crippen molar-refractivity contribution in [3.8, 4) is 5.75 Å². The number of aromatic nitrogens is 3. The van der Waals surface area contributed by atoms with Crippen LogP contribution >= 0.6 is 0 Å². The van der Waals surface area contributed by atoms with Crippen LogP contribution < -0.4 is 10.9 Å². The summed E-state index contributed by atoms with van der Waals surface area (Å²) in [4.78, 5) is 29.5. The van der Waals surface area contributed by atoms with Crippen LogP contribution in [0.15, 0.2) is 76.4 Å². The van der Waals surface area contributed by atoms with Crippen molar-refractivity contribution in [2.45, 2.75) is 18.5 Å². The molecule has 4 rings (SSSR count). The number of hydrogen-bond donors (Lipinski definition) is 2. The van der Waals surface area contributed by atoms with Gasteiger partial charge in [0.05, 0.1) is 11.8 Å². The minimum atomic E-state index is -4.61. The molecule has 2 aromatic carbocycles. The second-order valence-corrected chi connectivity index (χ2v) is 7.71. The fourth-order valence-corrected chi connectivity index (χ4v) is 3.77. The quantitative estimate of drug-likeness (QED) is 0.426. The maximum Gasteiger partial charge on any atom is 0.416 e. The van der Waals surface area contributed by atoms with Gasteiger partial charge in [0.1, 0.15) is 17.8 Å². The van der Waals surface area contributed by atoms with Crippen molar-refractivity contribution in [2.75, 3.05) is 5.32 Å². The van der Waals surface area contributed by atoms with E-state index in [0.717, 1.165) is 16.9 Å². The zero-order valence-corrected chi connectivity index (χ0v) is 18.3. The predicted molar refractivity (Wildman–Crippen MR) is 119 cm³/mol. The third kappa shape index (κ3) is 4.93. The monoisotopic (exact) mass is 484 g/mol. The van der Waals surface area contributed by atoms with E-state index in [1.807, 2.05) is 0 Å². The van der Waals surface area contributed by atoms with Gasteiger partial charge in [-0.3, -0.25) is 14.2 Å². The van der Waals surface area contributed by atoms with Crippen molar-refractivity contribution in [1.82, 2.24) is 14.7 Å². The van der Waals surface area contributed by atoms with Gasteiger partial charge in [-0.05, 0) is 17.2 Å². The summed E-state index contributed by atoms with van der Waals surface area (Å²) < 4.78 is 47.2. The van der Waals surface area contributed by atoms with Gasteiger partial charge in [0.15, 0.2) is 5.69 Å². The average molecular weight is 484 g/mol. The molecule has 2 aromatic heterocycles. The topological polar surface area (TPSA) is 110 Å². The van der Waals surface area contributed by atoms with Gasteiger partial charge < -0.3 is 14.9 Å². The maximum absolute atomic E-state index is 13.8. The van der Waals surface area contributed by atoms with Crippen molar-refractivity contribution in [3.05, 3.63) is 106 Å². The Kier molecular flexibility index (Phi) is 6.41. The molecule has 0 bridgehead atoms. The summed E-state index contributed by atoms with van der Waals surface area (Å²) in [7, 11) is 1.32. The van der Waals surface area contributed by atoms with Crippen LogP contribution in [-0.2, 0) is 19.6 Å². The first-order valence-corrected chi connectivity index (χ1v) is 10.4. The van der Waals surface area contributed by atoms with Crippen LogP contribution in [-0.4, -0.2) is 25.7 Å². The molecule has 0 fully saturated rings. The number of benzene rings is 2. The molecular weight excluding hydrogens is 465 g/mol. The normalized spacial score (nSPS) is 12.3. The fourth-order valence-electron chi connectivity index (χ4n) is 3.77. The molecule has 180 valence electrons. The van der Waals surface area contributed by atoms with Gasteiger partial charge in [-0.15, -0.1) is 0 Å². The molecule has 1 amide bonds. The van der Waals surface area contributed by atoms with Gasteiger partial charge >= 0.3 is 6.18 Å². The van der Waals surface area contributed by atoms with Crippen molar-refractivity contribution in [3.63, 3.8) is 0 Å². The molecule has 8 nitrogen and oxygen atoms in total. The zero-order valence-electron chi connectivity index (χ0n) is 18.3. The molecule has 1 atom stereocenters. The lowest BCUT2D eigenvalue weighted by atomic mass is 9.85. The number of aromatic hydroxyl groups is 1. The van der Waals surface area contributed by atoms with Gasteiger partial charge in [-0.2, -0.15) is 13.2 Å². The van der Waals surface area contributed by atoms with Gasteiger partial charge in [0, 0.05) is 19.4 Å². The van der Waals surface area contributed by atoms with E-state index >= 15 is 0 Å². The third-order valence-electron chi connectivity index (χ3n) is 5.50. The highest BCUT2D eigenvalue weighted by Gasteiger charge is 2.36. The highest BCUT2D eigenvalue weighted by atomic mass is 19.4. The summed E-state index contributed by atoms with van der Waals surface area (Å²) in [6.07, 6.45) is -2.43. The Hall–Kier alpha value is -4.41. The molecule has 2 N–H and O–H groups in total. The molecule has 35 heavy (non-hydrogen) atoms. The zero-order chi connectivity index (χ0) is 25.2. The number of alkyl halides is 3. The van der Waals surface area contributed by atoms with E-state index < -0.39 is 40.6 Å². The standard InChI is InChI=1S/C24H19F3N4O4/c1-31-19(30-20(21(32)23(31)34)22(33)29-15-12-28-35-13-15)11-17(14-7-3-2-4-8-14)16-9-5-6-10-18(16)24(25,26)27/h2-10,12-13,17,32H,11H2,1H3,(H,29,33). The van der Waals surface area contributed by atoms with E-state index in [1.54, 1.807) is 30.3 Å². The van der Waals surface area contributed by atoms with E-state index in [4.69, 9.17) is 0 Å². The molecule has 0 aliphatic carbocycles. The van der Waals surface area contributed by atoms with Gasteiger partial charge in [0.25, 0.3) is 11.5 Å². The Bertz CT molecular complexity index is 1400. The molecule has 0 saturated heterocycles. The lowest BCUT2D eigenvalue weighted by molar-refractivity contribution is -0.138. The summed E-state index contributed by atoms with van der Waals surface area (Å²) in [5, 5.41) is 16.1. The number of amides is 1. The Morgan fingerprint density at radius 2 is 1.83 bits per heavy atom. The number of rotatable bonds is 6. The second-order valence-electron chi connectivity index (χ2n) is 7.71. The number of carbonyl (C=O) groups is 1. The van der Waals surface area contributed by atoms with Gasteiger partial charge in [-0.25, -0.2) is 4.98 Å². The molecule has 1 unspecified atom stereocenters. The van der Waals surface area contributed by atoms with E-state index in [-0.39, 0.29) is 23.5 Å². The Morgan fingerprint density at radius 3 is 2.49 bits per heavy atom. The van der Waals surface area contributed by atoms with Crippen LogP contribution in [0.4, 0.5) is 18.9 Å². The van der Waals surface area contributed by atoms with Crippen molar-refractivity contribution >= 4 is 11.6 Å². The molecule has 0 saturated carbocycles. The number of anilines is 1. The SMILES string of the molecule is Cn1c(CC(c2ccccc2)c2ccccc2C(F)(F)F)nc(C(=O)Nc2cnoc2)c(O)c1=O. The first-order valence-electron chi connectivity index (χ1n) is 10.4. The third-order valence-corrected chi connectivity index (χ3v) is 5.50. The summed E-state index contributed by atoms with van der Waals surface area (Å²) in [6.45, 7) is 0. The highest BCUT2D eigenvalue weighted by Crippen LogP contribution is 2.38. The second kappa shape index (κ2) is 9.45. The number of nitrogens with one attached hydrogen (secondary N) is 1. The van der Waals surface area contributed by atoms with E-state index in [0.29, 0.717) is 5.56 Å². The van der Waals surface area contributed by atoms with Crippen LogP contribution in [0.1, 0.15) is 38.9 Å². The minimum Gasteiger partial charge on any atom is -0.501 e. The lowest BCUT2D eigenvalue weighted by Gasteiger charge is -2.23. The van der Waals surface area contributed by atoms with E-state index in [2.05, 4.69) is 20.0 Å².